The molecule has 0 aromatic carbocycles. The van der Waals surface area contributed by atoms with Crippen molar-refractivity contribution < 1.29 is 29.1 Å². The summed E-state index contributed by atoms with van der Waals surface area (Å²) < 4.78 is 0. The number of amides is 4. The third-order valence-electron chi connectivity index (χ3n) is 3.34. The number of carboxylic acids is 1. The summed E-state index contributed by atoms with van der Waals surface area (Å²) in [5.74, 6) is -3.97. The van der Waals surface area contributed by atoms with Crippen LogP contribution in [0.2, 0.25) is 0 Å². The second-order valence-electron chi connectivity index (χ2n) is 5.65. The van der Waals surface area contributed by atoms with Gasteiger partial charge >= 0.3 is 5.97 Å². The molecule has 0 fully saturated rings. The monoisotopic (exact) mass is 391 g/mol. The van der Waals surface area contributed by atoms with Crippen LogP contribution in [0.15, 0.2) is 0 Å². The van der Waals surface area contributed by atoms with Crippen LogP contribution in [0.3, 0.4) is 0 Å². The van der Waals surface area contributed by atoms with Crippen LogP contribution in [0.1, 0.15) is 26.7 Å². The average molecular weight is 391 g/mol. The van der Waals surface area contributed by atoms with E-state index in [1.807, 2.05) is 0 Å². The summed E-state index contributed by atoms with van der Waals surface area (Å²) in [6.45, 7) is 2.65. The fourth-order valence-corrected chi connectivity index (χ4v) is 1.94. The first kappa shape index (κ1) is 23.7. The van der Waals surface area contributed by atoms with E-state index in [-0.39, 0.29) is 18.6 Å². The van der Waals surface area contributed by atoms with Gasteiger partial charge in [-0.3, -0.25) is 24.0 Å². The summed E-state index contributed by atoms with van der Waals surface area (Å²) >= 11 is 3.95. The lowest BCUT2D eigenvalue weighted by molar-refractivity contribution is -0.141. The van der Waals surface area contributed by atoms with Gasteiger partial charge in [-0.05, 0) is 20.3 Å². The predicted molar refractivity (Wildman–Crippen MR) is 95.0 cm³/mol. The zero-order chi connectivity index (χ0) is 20.4. The number of rotatable bonds is 11. The second kappa shape index (κ2) is 11.3. The topological polar surface area (TPSA) is 194 Å². The molecule has 0 saturated carbocycles. The smallest absolute Gasteiger partial charge is 0.325 e. The van der Waals surface area contributed by atoms with E-state index in [1.165, 1.54) is 13.8 Å². The van der Waals surface area contributed by atoms with Gasteiger partial charge in [0.25, 0.3) is 0 Å². The van der Waals surface area contributed by atoms with Crippen molar-refractivity contribution in [3.8, 4) is 0 Å². The van der Waals surface area contributed by atoms with Crippen molar-refractivity contribution in [2.24, 2.45) is 11.5 Å². The predicted octanol–water partition coefficient (Wildman–Crippen LogP) is -2.91. The Morgan fingerprint density at radius 3 is 1.96 bits per heavy atom. The van der Waals surface area contributed by atoms with Crippen molar-refractivity contribution in [1.29, 1.82) is 0 Å². The standard InChI is InChI=1S/C14H25N5O6S/c1-6(17-12(22)8(15)3-4-10(16)20)11(21)19-9(5-26)13(23)18-7(2)14(24)25/h6-9,26H,3-5,15H2,1-2H3,(H2,16,20)(H,17,22)(H,18,23)(H,19,21)(H,24,25). The third-order valence-corrected chi connectivity index (χ3v) is 3.70. The van der Waals surface area contributed by atoms with E-state index in [0.717, 1.165) is 0 Å². The molecule has 0 rings (SSSR count). The summed E-state index contributed by atoms with van der Waals surface area (Å²) in [5, 5.41) is 15.7. The number of hydrogen-bond acceptors (Lipinski definition) is 7. The van der Waals surface area contributed by atoms with Crippen LogP contribution in [0, 0.1) is 0 Å². The van der Waals surface area contributed by atoms with Crippen molar-refractivity contribution in [2.75, 3.05) is 5.75 Å². The largest absolute Gasteiger partial charge is 0.480 e. The molecular weight excluding hydrogens is 366 g/mol. The van der Waals surface area contributed by atoms with E-state index < -0.39 is 53.8 Å². The Kier molecular flexibility index (Phi) is 10.3. The Morgan fingerprint density at radius 1 is 0.962 bits per heavy atom. The summed E-state index contributed by atoms with van der Waals surface area (Å²) in [6, 6.07) is -4.26. The number of nitrogens with one attached hydrogen (secondary N) is 3. The quantitative estimate of drug-likeness (QED) is 0.183. The molecule has 26 heavy (non-hydrogen) atoms. The molecule has 4 amide bonds. The Balaban J connectivity index is 4.61. The zero-order valence-corrected chi connectivity index (χ0v) is 15.4. The molecule has 11 nitrogen and oxygen atoms in total. The lowest BCUT2D eigenvalue weighted by Gasteiger charge is -2.21. The minimum atomic E-state index is -1.23. The van der Waals surface area contributed by atoms with Crippen molar-refractivity contribution in [1.82, 2.24) is 16.0 Å². The highest BCUT2D eigenvalue weighted by Gasteiger charge is 2.26. The first-order valence-electron chi connectivity index (χ1n) is 7.78. The number of aliphatic carboxylic acids is 1. The van der Waals surface area contributed by atoms with Crippen molar-refractivity contribution in [3.63, 3.8) is 0 Å². The lowest BCUT2D eigenvalue weighted by Crippen LogP contribution is -2.56. The number of nitrogens with two attached hydrogens (primary N) is 2. The molecule has 0 spiro atoms. The molecule has 0 bridgehead atoms. The molecule has 0 aliphatic heterocycles. The van der Waals surface area contributed by atoms with E-state index in [9.17, 15) is 24.0 Å². The molecular formula is C14H25N5O6S. The summed E-state index contributed by atoms with van der Waals surface area (Å²) in [5.41, 5.74) is 10.6. The average Bonchev–Trinajstić information content (AvgIpc) is 2.56. The molecule has 4 unspecified atom stereocenters. The molecule has 0 saturated heterocycles. The molecule has 0 aliphatic rings. The van der Waals surface area contributed by atoms with Gasteiger partial charge in [-0.2, -0.15) is 12.6 Å². The summed E-state index contributed by atoms with van der Waals surface area (Å²) in [4.78, 5) is 57.3. The minimum Gasteiger partial charge on any atom is -0.480 e. The Hall–Kier alpha value is -2.34. The molecule has 12 heteroatoms. The molecule has 8 N–H and O–H groups in total. The fourth-order valence-electron chi connectivity index (χ4n) is 1.68. The van der Waals surface area contributed by atoms with Crippen molar-refractivity contribution in [2.45, 2.75) is 50.9 Å². The number of thiol groups is 1. The second-order valence-corrected chi connectivity index (χ2v) is 6.02. The lowest BCUT2D eigenvalue weighted by atomic mass is 10.1. The van der Waals surface area contributed by atoms with E-state index in [4.69, 9.17) is 16.6 Å². The number of primary amides is 1. The van der Waals surface area contributed by atoms with Crippen LogP contribution >= 0.6 is 12.6 Å². The first-order valence-corrected chi connectivity index (χ1v) is 8.41. The number of carbonyl (C=O) groups excluding carboxylic acids is 4. The molecule has 4 atom stereocenters. The van der Waals surface area contributed by atoms with Gasteiger partial charge in [0.2, 0.25) is 23.6 Å². The normalized spacial score (nSPS) is 15.1. The molecule has 0 radical (unpaired) electrons. The van der Waals surface area contributed by atoms with Crippen LogP contribution in [0.5, 0.6) is 0 Å². The van der Waals surface area contributed by atoms with Gasteiger partial charge in [-0.25, -0.2) is 0 Å². The first-order chi connectivity index (χ1) is 12.0. The highest BCUT2D eigenvalue weighted by Crippen LogP contribution is 1.97. The summed E-state index contributed by atoms with van der Waals surface area (Å²) in [6.07, 6.45) is -0.0386. The maximum atomic E-state index is 12.1. The fraction of sp³-hybridized carbons (Fsp3) is 0.643. The Bertz CT molecular complexity index is 558. The molecule has 148 valence electrons. The van der Waals surface area contributed by atoms with E-state index in [2.05, 4.69) is 28.6 Å². The maximum absolute atomic E-state index is 12.1. The van der Waals surface area contributed by atoms with Gasteiger partial charge < -0.3 is 32.5 Å². The van der Waals surface area contributed by atoms with Crippen LogP contribution in [-0.2, 0) is 24.0 Å². The maximum Gasteiger partial charge on any atom is 0.325 e. The molecule has 0 heterocycles. The van der Waals surface area contributed by atoms with Crippen LogP contribution in [0.4, 0.5) is 0 Å². The van der Waals surface area contributed by atoms with E-state index >= 15 is 0 Å². The number of carbonyl (C=O) groups is 5. The minimum absolute atomic E-state index is 0.0320. The van der Waals surface area contributed by atoms with Crippen molar-refractivity contribution in [3.05, 3.63) is 0 Å². The van der Waals surface area contributed by atoms with Gasteiger partial charge in [0.15, 0.2) is 0 Å². The van der Waals surface area contributed by atoms with E-state index in [1.54, 1.807) is 0 Å². The highest BCUT2D eigenvalue weighted by atomic mass is 32.1. The van der Waals surface area contributed by atoms with Crippen molar-refractivity contribution >= 4 is 42.2 Å². The van der Waals surface area contributed by atoms with Crippen LogP contribution in [-0.4, -0.2) is 64.6 Å². The van der Waals surface area contributed by atoms with Gasteiger partial charge in [0.05, 0.1) is 6.04 Å². The molecule has 0 aromatic heterocycles. The van der Waals surface area contributed by atoms with Gasteiger partial charge in [0.1, 0.15) is 18.1 Å². The van der Waals surface area contributed by atoms with Gasteiger partial charge in [0, 0.05) is 12.2 Å². The summed E-state index contributed by atoms with van der Waals surface area (Å²) in [7, 11) is 0. The Labute approximate surface area is 156 Å². The van der Waals surface area contributed by atoms with Gasteiger partial charge in [-0.1, -0.05) is 0 Å². The SMILES string of the molecule is CC(NC(=O)C(CS)NC(=O)C(C)NC(=O)C(N)CCC(N)=O)C(=O)O. The van der Waals surface area contributed by atoms with Crippen LogP contribution in [0.25, 0.3) is 0 Å². The molecule has 0 aromatic rings. The van der Waals surface area contributed by atoms with Gasteiger partial charge in [-0.15, -0.1) is 0 Å². The third kappa shape index (κ3) is 8.67. The Morgan fingerprint density at radius 2 is 1.50 bits per heavy atom. The number of carboxylic acid groups (broad SMARTS) is 1. The molecule has 0 aliphatic carbocycles. The zero-order valence-electron chi connectivity index (χ0n) is 14.5. The number of hydrogen-bond donors (Lipinski definition) is 7. The van der Waals surface area contributed by atoms with Crippen LogP contribution < -0.4 is 27.4 Å². The van der Waals surface area contributed by atoms with E-state index in [0.29, 0.717) is 0 Å². The highest BCUT2D eigenvalue weighted by molar-refractivity contribution is 7.80.